The number of aryl methyl sites for hydroxylation is 1. The summed E-state index contributed by atoms with van der Waals surface area (Å²) >= 11 is 0. The summed E-state index contributed by atoms with van der Waals surface area (Å²) in [5.41, 5.74) is 1.39. The minimum Gasteiger partial charge on any atom is -0.410 e. The minimum atomic E-state index is -1.73. The van der Waals surface area contributed by atoms with E-state index in [-0.39, 0.29) is 0 Å². The van der Waals surface area contributed by atoms with Crippen LogP contribution in [0.4, 0.5) is 0 Å². The molecule has 0 aliphatic heterocycles. The third-order valence-corrected chi connectivity index (χ3v) is 7.99. The number of hydrogen-bond donors (Lipinski definition) is 0. The van der Waals surface area contributed by atoms with E-state index in [0.29, 0.717) is 6.10 Å². The molecule has 1 nitrogen and oxygen atoms in total. The lowest BCUT2D eigenvalue weighted by molar-refractivity contribution is 0.232. The average Bonchev–Trinajstić information content (AvgIpc) is 2.26. The van der Waals surface area contributed by atoms with Crippen molar-refractivity contribution in [2.75, 3.05) is 0 Å². The molecule has 1 aromatic rings. The summed E-state index contributed by atoms with van der Waals surface area (Å²) in [4.78, 5) is 0. The molecule has 0 aliphatic carbocycles. The third kappa shape index (κ3) is 2.74. The summed E-state index contributed by atoms with van der Waals surface area (Å²) in [5.74, 6) is 0. The van der Waals surface area contributed by atoms with Gasteiger partial charge in [-0.05, 0) is 43.6 Å². The number of hydrogen-bond acceptors (Lipinski definition) is 1. The normalized spacial score (nSPS) is 12.1. The van der Waals surface area contributed by atoms with E-state index in [1.165, 1.54) is 10.8 Å². The molecular formula is C14H24OSi. The van der Waals surface area contributed by atoms with Crippen molar-refractivity contribution in [2.45, 2.75) is 52.8 Å². The van der Waals surface area contributed by atoms with Crippen LogP contribution in [-0.4, -0.2) is 14.4 Å². The summed E-state index contributed by atoms with van der Waals surface area (Å²) < 4.78 is 6.34. The van der Waals surface area contributed by atoms with Crippen LogP contribution in [0, 0.1) is 6.92 Å². The summed E-state index contributed by atoms with van der Waals surface area (Å²) in [7, 11) is -1.73. The van der Waals surface area contributed by atoms with Crippen LogP contribution in [0.5, 0.6) is 0 Å². The van der Waals surface area contributed by atoms with E-state index in [1.807, 2.05) is 0 Å². The molecule has 0 atom stereocenters. The van der Waals surface area contributed by atoms with E-state index in [1.54, 1.807) is 0 Å². The second kappa shape index (κ2) is 5.64. The van der Waals surface area contributed by atoms with Crippen molar-refractivity contribution >= 4 is 13.5 Å². The third-order valence-electron chi connectivity index (χ3n) is 3.24. The maximum atomic E-state index is 6.34. The van der Waals surface area contributed by atoms with Gasteiger partial charge in [0.25, 0.3) is 0 Å². The Balaban J connectivity index is 3.15. The Hall–Kier alpha value is -0.603. The van der Waals surface area contributed by atoms with E-state index in [0.717, 1.165) is 12.1 Å². The molecule has 0 unspecified atom stereocenters. The highest BCUT2D eigenvalue weighted by Crippen LogP contribution is 2.20. The monoisotopic (exact) mass is 236 g/mol. The highest BCUT2D eigenvalue weighted by atomic mass is 28.4. The molecule has 90 valence electrons. The van der Waals surface area contributed by atoms with Gasteiger partial charge in [-0.2, -0.15) is 0 Å². The zero-order valence-electron chi connectivity index (χ0n) is 11.2. The molecular weight excluding hydrogens is 212 g/mol. The Bertz CT molecular complexity index is 329. The van der Waals surface area contributed by atoms with Gasteiger partial charge in [-0.1, -0.05) is 38.1 Å². The van der Waals surface area contributed by atoms with Crippen LogP contribution in [0.1, 0.15) is 33.3 Å². The molecule has 0 aliphatic rings. The molecule has 0 fully saturated rings. The first kappa shape index (κ1) is 13.5. The first-order chi connectivity index (χ1) is 7.55. The van der Waals surface area contributed by atoms with Gasteiger partial charge in [0.2, 0.25) is 8.32 Å². The molecule has 0 amide bonds. The van der Waals surface area contributed by atoms with Crippen molar-refractivity contribution in [2.24, 2.45) is 0 Å². The van der Waals surface area contributed by atoms with E-state index in [4.69, 9.17) is 4.43 Å². The Morgan fingerprint density at radius 2 is 1.69 bits per heavy atom. The van der Waals surface area contributed by atoms with Crippen LogP contribution >= 0.6 is 0 Å². The Morgan fingerprint density at radius 3 is 2.12 bits per heavy atom. The smallest absolute Gasteiger partial charge is 0.224 e. The predicted octanol–water partition coefficient (Wildman–Crippen LogP) is 3.61. The van der Waals surface area contributed by atoms with Crippen LogP contribution in [0.25, 0.3) is 0 Å². The fourth-order valence-corrected chi connectivity index (χ4v) is 6.22. The zero-order chi connectivity index (χ0) is 12.2. The van der Waals surface area contributed by atoms with Gasteiger partial charge in [0, 0.05) is 6.10 Å². The summed E-state index contributed by atoms with van der Waals surface area (Å²) in [6.45, 7) is 11.0. The molecule has 16 heavy (non-hydrogen) atoms. The van der Waals surface area contributed by atoms with E-state index < -0.39 is 8.32 Å². The average molecular weight is 236 g/mol. The highest BCUT2D eigenvalue weighted by molar-refractivity contribution is 6.86. The van der Waals surface area contributed by atoms with Gasteiger partial charge in [-0.15, -0.1) is 0 Å². The molecule has 0 saturated heterocycles. The first-order valence-electron chi connectivity index (χ1n) is 6.29. The maximum Gasteiger partial charge on any atom is 0.224 e. The van der Waals surface area contributed by atoms with Crippen LogP contribution in [0.3, 0.4) is 0 Å². The topological polar surface area (TPSA) is 9.23 Å². The minimum absolute atomic E-state index is 0.325. The van der Waals surface area contributed by atoms with Crippen molar-refractivity contribution in [1.82, 2.24) is 0 Å². The molecule has 1 rings (SSSR count). The lowest BCUT2D eigenvalue weighted by Gasteiger charge is -2.33. The number of rotatable bonds is 5. The van der Waals surface area contributed by atoms with Gasteiger partial charge in [0.05, 0.1) is 0 Å². The maximum absolute atomic E-state index is 6.34. The second-order valence-corrected chi connectivity index (χ2v) is 8.86. The Morgan fingerprint density at radius 1 is 1.12 bits per heavy atom. The largest absolute Gasteiger partial charge is 0.410 e. The van der Waals surface area contributed by atoms with Crippen LogP contribution < -0.4 is 5.19 Å². The van der Waals surface area contributed by atoms with Crippen molar-refractivity contribution in [3.8, 4) is 0 Å². The van der Waals surface area contributed by atoms with Gasteiger partial charge < -0.3 is 4.43 Å². The summed E-state index contributed by atoms with van der Waals surface area (Å²) in [6.07, 6.45) is 0.325. The van der Waals surface area contributed by atoms with E-state index in [2.05, 4.69) is 58.9 Å². The van der Waals surface area contributed by atoms with E-state index in [9.17, 15) is 0 Å². The number of benzene rings is 1. The second-order valence-electron chi connectivity index (χ2n) is 4.68. The molecule has 0 bridgehead atoms. The van der Waals surface area contributed by atoms with E-state index >= 15 is 0 Å². The van der Waals surface area contributed by atoms with Crippen molar-refractivity contribution in [3.63, 3.8) is 0 Å². The van der Waals surface area contributed by atoms with Gasteiger partial charge in [0.15, 0.2) is 0 Å². The lowest BCUT2D eigenvalue weighted by Crippen LogP contribution is -2.52. The Kier molecular flexibility index (Phi) is 4.75. The van der Waals surface area contributed by atoms with Crippen molar-refractivity contribution < 1.29 is 4.43 Å². The quantitative estimate of drug-likeness (QED) is 0.710. The molecule has 1 aromatic carbocycles. The molecule has 0 saturated carbocycles. The van der Waals surface area contributed by atoms with Crippen molar-refractivity contribution in [1.29, 1.82) is 0 Å². The molecule has 0 aromatic heterocycles. The van der Waals surface area contributed by atoms with Crippen molar-refractivity contribution in [3.05, 3.63) is 29.8 Å². The standard InChI is InChI=1S/C14H24OSi/c1-6-16(7-2,15-12(3)4)14-11-9-8-10-13(14)5/h8-12H,6-7H2,1-5H3. The Labute approximate surface area is 101 Å². The van der Waals surface area contributed by atoms with Gasteiger partial charge in [-0.3, -0.25) is 0 Å². The summed E-state index contributed by atoms with van der Waals surface area (Å²) in [6, 6.07) is 11.0. The van der Waals surface area contributed by atoms with Gasteiger partial charge in [0.1, 0.15) is 0 Å². The van der Waals surface area contributed by atoms with Crippen LogP contribution in [0.2, 0.25) is 12.1 Å². The molecule has 2 heteroatoms. The molecule has 0 spiro atoms. The van der Waals surface area contributed by atoms with Gasteiger partial charge in [-0.25, -0.2) is 0 Å². The zero-order valence-corrected chi connectivity index (χ0v) is 12.2. The van der Waals surface area contributed by atoms with Gasteiger partial charge >= 0.3 is 0 Å². The highest BCUT2D eigenvalue weighted by Gasteiger charge is 2.35. The van der Waals surface area contributed by atoms with Crippen LogP contribution in [0.15, 0.2) is 24.3 Å². The summed E-state index contributed by atoms with van der Waals surface area (Å²) in [5, 5.41) is 1.48. The lowest BCUT2D eigenvalue weighted by atomic mass is 10.2. The molecule has 0 radical (unpaired) electrons. The fourth-order valence-electron chi connectivity index (χ4n) is 2.40. The first-order valence-corrected chi connectivity index (χ1v) is 8.62. The predicted molar refractivity (Wildman–Crippen MR) is 73.8 cm³/mol. The molecule has 0 heterocycles. The van der Waals surface area contributed by atoms with Crippen LogP contribution in [-0.2, 0) is 4.43 Å². The molecule has 0 N–H and O–H groups in total. The fraction of sp³-hybridized carbons (Fsp3) is 0.571. The SMILES string of the molecule is CC[Si](CC)(OC(C)C)c1ccccc1C.